The SMILES string of the molecule is COC(=O)CC[C@@H]1CCN(c2cc(C(F)(F)F)c(C#N)c(N3CC[C@@H]3C)n2)C1. The summed E-state index contributed by atoms with van der Waals surface area (Å²) in [5, 5.41) is 9.39. The van der Waals surface area contributed by atoms with Gasteiger partial charge >= 0.3 is 12.1 Å². The molecular formula is C19H23F3N4O2. The first-order valence-corrected chi connectivity index (χ1v) is 9.35. The number of anilines is 2. The number of ether oxygens (including phenoxy) is 1. The fourth-order valence-electron chi connectivity index (χ4n) is 3.75. The van der Waals surface area contributed by atoms with Crippen LogP contribution in [0.25, 0.3) is 0 Å². The predicted molar refractivity (Wildman–Crippen MR) is 96.9 cm³/mol. The Hall–Kier alpha value is -2.50. The Kier molecular flexibility index (Phi) is 5.68. The van der Waals surface area contributed by atoms with Crippen LogP contribution in [0, 0.1) is 17.2 Å². The molecule has 0 amide bonds. The number of nitriles is 1. The molecule has 3 rings (SSSR count). The fraction of sp³-hybridized carbons (Fsp3) is 0.632. The van der Waals surface area contributed by atoms with Gasteiger partial charge in [0.2, 0.25) is 0 Å². The van der Waals surface area contributed by atoms with Gasteiger partial charge in [0.05, 0.1) is 12.7 Å². The largest absolute Gasteiger partial charge is 0.469 e. The van der Waals surface area contributed by atoms with Crippen molar-refractivity contribution in [2.75, 3.05) is 36.5 Å². The van der Waals surface area contributed by atoms with Crippen molar-refractivity contribution in [1.29, 1.82) is 5.26 Å². The maximum absolute atomic E-state index is 13.6. The van der Waals surface area contributed by atoms with Crippen LogP contribution in [-0.4, -0.2) is 43.7 Å². The Bertz CT molecular complexity index is 791. The van der Waals surface area contributed by atoms with E-state index in [0.717, 1.165) is 18.9 Å². The van der Waals surface area contributed by atoms with E-state index >= 15 is 0 Å². The van der Waals surface area contributed by atoms with Gasteiger partial charge in [0.15, 0.2) is 0 Å². The van der Waals surface area contributed by atoms with E-state index in [1.54, 1.807) is 11.0 Å². The number of alkyl halides is 3. The summed E-state index contributed by atoms with van der Waals surface area (Å²) < 4.78 is 45.5. The van der Waals surface area contributed by atoms with E-state index in [0.29, 0.717) is 32.5 Å². The summed E-state index contributed by atoms with van der Waals surface area (Å²) in [6.07, 6.45) is -2.08. The van der Waals surface area contributed by atoms with Crippen molar-refractivity contribution in [2.45, 2.75) is 44.8 Å². The quantitative estimate of drug-likeness (QED) is 0.711. The Morgan fingerprint density at radius 3 is 2.68 bits per heavy atom. The molecule has 0 spiro atoms. The smallest absolute Gasteiger partial charge is 0.417 e. The van der Waals surface area contributed by atoms with Gasteiger partial charge in [-0.05, 0) is 38.2 Å². The average molecular weight is 396 g/mol. The van der Waals surface area contributed by atoms with Gasteiger partial charge in [-0.3, -0.25) is 4.79 Å². The van der Waals surface area contributed by atoms with Gasteiger partial charge in [-0.25, -0.2) is 4.98 Å². The van der Waals surface area contributed by atoms with Gasteiger partial charge in [-0.2, -0.15) is 18.4 Å². The van der Waals surface area contributed by atoms with Crippen molar-refractivity contribution in [2.24, 2.45) is 5.92 Å². The number of rotatable bonds is 5. The lowest BCUT2D eigenvalue weighted by molar-refractivity contribution is -0.141. The molecule has 0 N–H and O–H groups in total. The highest BCUT2D eigenvalue weighted by molar-refractivity contribution is 5.69. The third-order valence-electron chi connectivity index (χ3n) is 5.59. The zero-order chi connectivity index (χ0) is 20.5. The van der Waals surface area contributed by atoms with Crippen molar-refractivity contribution >= 4 is 17.6 Å². The average Bonchev–Trinajstić information content (AvgIpc) is 3.12. The third kappa shape index (κ3) is 4.01. The number of nitrogens with zero attached hydrogens (tertiary/aromatic N) is 4. The molecule has 28 heavy (non-hydrogen) atoms. The van der Waals surface area contributed by atoms with Crippen LogP contribution in [0.2, 0.25) is 0 Å². The molecule has 1 aromatic rings. The number of pyridine rings is 1. The number of hydrogen-bond donors (Lipinski definition) is 0. The molecule has 0 saturated carbocycles. The number of carbonyl (C=O) groups excluding carboxylic acids is 1. The number of aromatic nitrogens is 1. The Morgan fingerprint density at radius 1 is 1.39 bits per heavy atom. The molecule has 3 heterocycles. The molecule has 2 fully saturated rings. The normalized spacial score (nSPS) is 22.0. The molecule has 2 saturated heterocycles. The van der Waals surface area contributed by atoms with Crippen LogP contribution in [0.1, 0.15) is 43.7 Å². The summed E-state index contributed by atoms with van der Waals surface area (Å²) in [5.74, 6) is 0.255. The third-order valence-corrected chi connectivity index (χ3v) is 5.59. The Balaban J connectivity index is 1.88. The lowest BCUT2D eigenvalue weighted by Gasteiger charge is -2.40. The van der Waals surface area contributed by atoms with Gasteiger partial charge in [0.1, 0.15) is 23.3 Å². The monoisotopic (exact) mass is 396 g/mol. The van der Waals surface area contributed by atoms with E-state index in [4.69, 9.17) is 0 Å². The highest BCUT2D eigenvalue weighted by Gasteiger charge is 2.39. The minimum Gasteiger partial charge on any atom is -0.469 e. The second-order valence-electron chi connectivity index (χ2n) is 7.38. The molecule has 9 heteroatoms. The van der Waals surface area contributed by atoms with Gasteiger partial charge in [-0.1, -0.05) is 0 Å². The summed E-state index contributed by atoms with van der Waals surface area (Å²) in [7, 11) is 1.33. The van der Waals surface area contributed by atoms with Crippen LogP contribution < -0.4 is 9.80 Å². The van der Waals surface area contributed by atoms with Gasteiger partial charge in [-0.15, -0.1) is 0 Å². The van der Waals surface area contributed by atoms with E-state index in [2.05, 4.69) is 9.72 Å². The Morgan fingerprint density at radius 2 is 2.14 bits per heavy atom. The Labute approximate surface area is 161 Å². The second kappa shape index (κ2) is 7.86. The lowest BCUT2D eigenvalue weighted by Crippen LogP contribution is -2.47. The zero-order valence-electron chi connectivity index (χ0n) is 15.9. The summed E-state index contributed by atoms with van der Waals surface area (Å²) >= 11 is 0. The first-order valence-electron chi connectivity index (χ1n) is 9.35. The molecule has 0 unspecified atom stereocenters. The molecule has 0 aromatic carbocycles. The standard InChI is InChI=1S/C19H23F3N4O2/c1-12-5-8-26(12)18-14(10-23)15(19(20,21)22)9-16(24-18)25-7-6-13(11-25)3-4-17(27)28-2/h9,12-13H,3-8,11H2,1-2H3/t12-,13+/m0/s1. The van der Waals surface area contributed by atoms with Crippen molar-refractivity contribution in [3.63, 3.8) is 0 Å². The van der Waals surface area contributed by atoms with Crippen LogP contribution in [0.3, 0.4) is 0 Å². The first kappa shape index (κ1) is 20.2. The van der Waals surface area contributed by atoms with Gasteiger partial charge < -0.3 is 14.5 Å². The first-order chi connectivity index (χ1) is 13.2. The summed E-state index contributed by atoms with van der Waals surface area (Å²) in [4.78, 5) is 19.3. The van der Waals surface area contributed by atoms with Crippen LogP contribution in [0.5, 0.6) is 0 Å². The summed E-state index contributed by atoms with van der Waals surface area (Å²) in [6.45, 7) is 3.59. The molecule has 1 aromatic heterocycles. The summed E-state index contributed by atoms with van der Waals surface area (Å²) in [6, 6.07) is 2.75. The number of esters is 1. The maximum atomic E-state index is 13.6. The molecule has 0 aliphatic carbocycles. The van der Waals surface area contributed by atoms with Crippen LogP contribution in [0.4, 0.5) is 24.8 Å². The van der Waals surface area contributed by atoms with Gasteiger partial charge in [0, 0.05) is 32.1 Å². The highest BCUT2D eigenvalue weighted by Crippen LogP contribution is 2.40. The number of hydrogen-bond acceptors (Lipinski definition) is 6. The zero-order valence-corrected chi connectivity index (χ0v) is 15.9. The van der Waals surface area contributed by atoms with Crippen LogP contribution in [-0.2, 0) is 15.7 Å². The van der Waals surface area contributed by atoms with Gasteiger partial charge in [0.25, 0.3) is 0 Å². The molecule has 6 nitrogen and oxygen atoms in total. The number of halogens is 3. The molecule has 0 radical (unpaired) electrons. The minimum absolute atomic E-state index is 0.0577. The maximum Gasteiger partial charge on any atom is 0.417 e. The molecule has 2 aliphatic rings. The number of methoxy groups -OCH3 is 1. The highest BCUT2D eigenvalue weighted by atomic mass is 19.4. The van der Waals surface area contributed by atoms with Crippen molar-refractivity contribution in [1.82, 2.24) is 4.98 Å². The number of carbonyl (C=O) groups is 1. The molecular weight excluding hydrogens is 373 g/mol. The van der Waals surface area contributed by atoms with Crippen molar-refractivity contribution in [3.05, 3.63) is 17.2 Å². The summed E-state index contributed by atoms with van der Waals surface area (Å²) in [5.41, 5.74) is -1.35. The van der Waals surface area contributed by atoms with Crippen molar-refractivity contribution < 1.29 is 22.7 Å². The molecule has 2 atom stereocenters. The van der Waals surface area contributed by atoms with Crippen LogP contribution in [0.15, 0.2) is 6.07 Å². The topological polar surface area (TPSA) is 69.5 Å². The van der Waals surface area contributed by atoms with E-state index in [1.165, 1.54) is 7.11 Å². The van der Waals surface area contributed by atoms with Crippen molar-refractivity contribution in [3.8, 4) is 6.07 Å². The molecule has 0 bridgehead atoms. The van der Waals surface area contributed by atoms with E-state index in [-0.39, 0.29) is 29.6 Å². The van der Waals surface area contributed by atoms with E-state index in [1.807, 2.05) is 11.8 Å². The minimum atomic E-state index is -4.63. The van der Waals surface area contributed by atoms with E-state index in [9.17, 15) is 23.2 Å². The fourth-order valence-corrected chi connectivity index (χ4v) is 3.75. The predicted octanol–water partition coefficient (Wildman–Crippen LogP) is 3.35. The molecule has 2 aliphatic heterocycles. The lowest BCUT2D eigenvalue weighted by atomic mass is 10.0. The second-order valence-corrected chi connectivity index (χ2v) is 7.38. The van der Waals surface area contributed by atoms with E-state index < -0.39 is 17.3 Å². The molecule has 152 valence electrons. The van der Waals surface area contributed by atoms with Crippen LogP contribution >= 0.6 is 0 Å².